The van der Waals surface area contributed by atoms with E-state index in [-0.39, 0.29) is 17.9 Å². The summed E-state index contributed by atoms with van der Waals surface area (Å²) in [4.78, 5) is 0. The lowest BCUT2D eigenvalue weighted by atomic mass is 9.88. The molecule has 1 aliphatic rings. The molecular weight excluding hydrogens is 193 g/mol. The average Bonchev–Trinajstić information content (AvgIpc) is 2.01. The molecular formula is C10H13F3O. The van der Waals surface area contributed by atoms with E-state index in [1.54, 1.807) is 13.8 Å². The van der Waals surface area contributed by atoms with Crippen molar-refractivity contribution in [3.8, 4) is 0 Å². The number of halogens is 3. The van der Waals surface area contributed by atoms with Gasteiger partial charge in [0.05, 0.1) is 11.7 Å². The molecule has 1 nitrogen and oxygen atoms in total. The standard InChI is InChI=1S/C10H13F3O/c1-6(2)8-5-7(14)3-4-9(8)10(11,12)13/h3-4,6-7,14H,5H2,1-2H3. The highest BCUT2D eigenvalue weighted by Gasteiger charge is 2.36. The van der Waals surface area contributed by atoms with Gasteiger partial charge in [0.1, 0.15) is 0 Å². The molecule has 0 aromatic carbocycles. The summed E-state index contributed by atoms with van der Waals surface area (Å²) in [6.07, 6.45) is -2.84. The average molecular weight is 206 g/mol. The molecule has 80 valence electrons. The number of allylic oxidation sites excluding steroid dienone is 2. The highest BCUT2D eigenvalue weighted by atomic mass is 19.4. The third-order valence-electron chi connectivity index (χ3n) is 2.26. The van der Waals surface area contributed by atoms with Crippen LogP contribution in [0.15, 0.2) is 23.3 Å². The van der Waals surface area contributed by atoms with E-state index in [2.05, 4.69) is 0 Å². The zero-order chi connectivity index (χ0) is 10.9. The van der Waals surface area contributed by atoms with Gasteiger partial charge in [0.2, 0.25) is 0 Å². The SMILES string of the molecule is CC(C)C1=C(C(F)(F)F)C=CC(O)C1. The number of hydrogen-bond acceptors (Lipinski definition) is 1. The molecule has 0 spiro atoms. The first-order valence-electron chi connectivity index (χ1n) is 4.49. The van der Waals surface area contributed by atoms with Crippen LogP contribution in [0.3, 0.4) is 0 Å². The normalized spacial score (nSPS) is 23.5. The summed E-state index contributed by atoms with van der Waals surface area (Å²) in [5.74, 6) is -0.189. The maximum atomic E-state index is 12.5. The molecule has 1 N–H and O–H groups in total. The zero-order valence-corrected chi connectivity index (χ0v) is 8.10. The maximum absolute atomic E-state index is 12.5. The third-order valence-corrected chi connectivity index (χ3v) is 2.26. The number of alkyl halides is 3. The van der Waals surface area contributed by atoms with E-state index >= 15 is 0 Å². The summed E-state index contributed by atoms with van der Waals surface area (Å²) in [5, 5.41) is 9.22. The molecule has 0 bridgehead atoms. The van der Waals surface area contributed by atoms with Gasteiger partial charge in [-0.25, -0.2) is 0 Å². The minimum atomic E-state index is -4.31. The highest BCUT2D eigenvalue weighted by molar-refractivity contribution is 5.35. The van der Waals surface area contributed by atoms with Crippen LogP contribution < -0.4 is 0 Å². The maximum Gasteiger partial charge on any atom is 0.416 e. The summed E-state index contributed by atoms with van der Waals surface area (Å²) in [6.45, 7) is 3.40. The lowest BCUT2D eigenvalue weighted by Gasteiger charge is -2.23. The Morgan fingerprint density at radius 3 is 2.43 bits per heavy atom. The van der Waals surface area contributed by atoms with Crippen LogP contribution in [-0.4, -0.2) is 17.4 Å². The number of aliphatic hydroxyl groups excluding tert-OH is 1. The fourth-order valence-electron chi connectivity index (χ4n) is 1.54. The van der Waals surface area contributed by atoms with Crippen molar-refractivity contribution in [3.63, 3.8) is 0 Å². The number of aliphatic hydroxyl groups is 1. The minimum Gasteiger partial charge on any atom is -0.389 e. The molecule has 0 aromatic rings. The molecule has 14 heavy (non-hydrogen) atoms. The van der Waals surface area contributed by atoms with Crippen LogP contribution in [0, 0.1) is 5.92 Å². The van der Waals surface area contributed by atoms with Crippen LogP contribution in [0.4, 0.5) is 13.2 Å². The Balaban J connectivity index is 3.08. The molecule has 0 saturated heterocycles. The van der Waals surface area contributed by atoms with Crippen molar-refractivity contribution in [3.05, 3.63) is 23.3 Å². The second-order valence-electron chi connectivity index (χ2n) is 3.72. The second kappa shape index (κ2) is 3.77. The Kier molecular flexibility index (Phi) is 3.04. The molecule has 0 heterocycles. The van der Waals surface area contributed by atoms with E-state index in [0.717, 1.165) is 6.08 Å². The lowest BCUT2D eigenvalue weighted by molar-refractivity contribution is -0.0900. The quantitative estimate of drug-likeness (QED) is 0.699. The Hall–Kier alpha value is -0.770. The van der Waals surface area contributed by atoms with Gasteiger partial charge in [0.15, 0.2) is 0 Å². The second-order valence-corrected chi connectivity index (χ2v) is 3.72. The van der Waals surface area contributed by atoms with Gasteiger partial charge in [-0.15, -0.1) is 0 Å². The van der Waals surface area contributed by atoms with Gasteiger partial charge in [-0.3, -0.25) is 0 Å². The van der Waals surface area contributed by atoms with Crippen molar-refractivity contribution in [2.75, 3.05) is 0 Å². The molecule has 0 aromatic heterocycles. The predicted molar refractivity (Wildman–Crippen MR) is 47.7 cm³/mol. The van der Waals surface area contributed by atoms with E-state index < -0.39 is 17.9 Å². The van der Waals surface area contributed by atoms with Crippen LogP contribution in [0.5, 0.6) is 0 Å². The van der Waals surface area contributed by atoms with E-state index in [9.17, 15) is 18.3 Å². The van der Waals surface area contributed by atoms with Crippen molar-refractivity contribution >= 4 is 0 Å². The van der Waals surface area contributed by atoms with Crippen molar-refractivity contribution in [2.24, 2.45) is 5.92 Å². The summed E-state index contributed by atoms with van der Waals surface area (Å²) in [6, 6.07) is 0. The summed E-state index contributed by atoms with van der Waals surface area (Å²) < 4.78 is 37.5. The lowest BCUT2D eigenvalue weighted by Crippen LogP contribution is -2.21. The van der Waals surface area contributed by atoms with Crippen molar-refractivity contribution in [1.29, 1.82) is 0 Å². The van der Waals surface area contributed by atoms with Crippen molar-refractivity contribution in [1.82, 2.24) is 0 Å². The Bertz CT molecular complexity index is 274. The first-order chi connectivity index (χ1) is 6.32. The predicted octanol–water partition coefficient (Wildman–Crippen LogP) is 2.82. The van der Waals surface area contributed by atoms with E-state index in [4.69, 9.17) is 0 Å². The van der Waals surface area contributed by atoms with Crippen LogP contribution in [0.2, 0.25) is 0 Å². The molecule has 1 aliphatic carbocycles. The molecule has 1 unspecified atom stereocenters. The highest BCUT2D eigenvalue weighted by Crippen LogP contribution is 2.36. The van der Waals surface area contributed by atoms with Gasteiger partial charge in [-0.05, 0) is 12.3 Å². The molecule has 0 aliphatic heterocycles. The van der Waals surface area contributed by atoms with E-state index in [0.29, 0.717) is 0 Å². The van der Waals surface area contributed by atoms with Gasteiger partial charge < -0.3 is 5.11 Å². The summed E-state index contributed by atoms with van der Waals surface area (Å²) in [7, 11) is 0. The van der Waals surface area contributed by atoms with E-state index in [1.807, 2.05) is 0 Å². The Labute approximate surface area is 80.9 Å². The minimum absolute atomic E-state index is 0.0863. The van der Waals surface area contributed by atoms with Gasteiger partial charge in [0.25, 0.3) is 0 Å². The first kappa shape index (κ1) is 11.3. The smallest absolute Gasteiger partial charge is 0.389 e. The molecule has 0 saturated carbocycles. The van der Waals surface area contributed by atoms with Crippen LogP contribution in [-0.2, 0) is 0 Å². The molecule has 0 radical (unpaired) electrons. The van der Waals surface area contributed by atoms with Crippen LogP contribution in [0.1, 0.15) is 20.3 Å². The van der Waals surface area contributed by atoms with Crippen LogP contribution >= 0.6 is 0 Å². The first-order valence-corrected chi connectivity index (χ1v) is 4.49. The summed E-state index contributed by atoms with van der Waals surface area (Å²) in [5.41, 5.74) is -0.315. The van der Waals surface area contributed by atoms with Gasteiger partial charge in [-0.1, -0.05) is 31.6 Å². The van der Waals surface area contributed by atoms with Gasteiger partial charge in [-0.2, -0.15) is 13.2 Å². The van der Waals surface area contributed by atoms with Crippen LogP contribution in [0.25, 0.3) is 0 Å². The molecule has 1 atom stereocenters. The van der Waals surface area contributed by atoms with Gasteiger partial charge in [0, 0.05) is 0 Å². The van der Waals surface area contributed by atoms with Crippen molar-refractivity contribution < 1.29 is 18.3 Å². The number of rotatable bonds is 1. The largest absolute Gasteiger partial charge is 0.416 e. The number of hydrogen-bond donors (Lipinski definition) is 1. The molecule has 1 rings (SSSR count). The fraction of sp³-hybridized carbons (Fsp3) is 0.600. The summed E-state index contributed by atoms with van der Waals surface area (Å²) >= 11 is 0. The third kappa shape index (κ3) is 2.38. The Morgan fingerprint density at radius 2 is 2.00 bits per heavy atom. The molecule has 0 amide bonds. The zero-order valence-electron chi connectivity index (χ0n) is 8.10. The van der Waals surface area contributed by atoms with Crippen molar-refractivity contribution in [2.45, 2.75) is 32.5 Å². The van der Waals surface area contributed by atoms with E-state index in [1.165, 1.54) is 6.08 Å². The van der Waals surface area contributed by atoms with Gasteiger partial charge >= 0.3 is 6.18 Å². The Morgan fingerprint density at radius 1 is 1.43 bits per heavy atom. The topological polar surface area (TPSA) is 20.2 Å². The fourth-order valence-corrected chi connectivity index (χ4v) is 1.54. The molecule has 0 fully saturated rings. The monoisotopic (exact) mass is 206 g/mol. The molecule has 4 heteroatoms.